The number of carbonyl (C=O) groups excluding carboxylic acids is 3. The maximum absolute atomic E-state index is 12.9. The summed E-state index contributed by atoms with van der Waals surface area (Å²) in [6.07, 6.45) is 85.2. The highest BCUT2D eigenvalue weighted by atomic mass is 16.6. The van der Waals surface area contributed by atoms with E-state index in [1.807, 2.05) is 0 Å². The first kappa shape index (κ1) is 73.8. The molecule has 0 saturated carbocycles. The highest BCUT2D eigenvalue weighted by Gasteiger charge is 2.19. The van der Waals surface area contributed by atoms with Crippen LogP contribution >= 0.6 is 0 Å². The summed E-state index contributed by atoms with van der Waals surface area (Å²) >= 11 is 0. The molecule has 0 spiro atoms. The van der Waals surface area contributed by atoms with Gasteiger partial charge in [-0.1, -0.05) is 325 Å². The highest BCUT2D eigenvalue weighted by Crippen LogP contribution is 2.18. The van der Waals surface area contributed by atoms with Crippen molar-refractivity contribution in [2.75, 3.05) is 13.2 Å². The number of hydrogen-bond donors (Lipinski definition) is 0. The maximum Gasteiger partial charge on any atom is 0.306 e. The highest BCUT2D eigenvalue weighted by molar-refractivity contribution is 5.71. The van der Waals surface area contributed by atoms with Crippen molar-refractivity contribution < 1.29 is 28.6 Å². The molecular weight excluding hydrogens is 949 g/mol. The van der Waals surface area contributed by atoms with Gasteiger partial charge in [0.2, 0.25) is 0 Å². The predicted octanol–water partition coefficient (Wildman–Crippen LogP) is 22.9. The Morgan fingerprint density at radius 3 is 0.792 bits per heavy atom. The van der Waals surface area contributed by atoms with Crippen molar-refractivity contribution in [1.29, 1.82) is 0 Å². The van der Waals surface area contributed by atoms with E-state index >= 15 is 0 Å². The largest absolute Gasteiger partial charge is 0.462 e. The van der Waals surface area contributed by atoms with Gasteiger partial charge in [0.25, 0.3) is 0 Å². The Bertz CT molecular complexity index is 1420. The topological polar surface area (TPSA) is 78.9 Å². The molecule has 446 valence electrons. The molecule has 77 heavy (non-hydrogen) atoms. The van der Waals surface area contributed by atoms with Gasteiger partial charge >= 0.3 is 17.9 Å². The molecule has 1 unspecified atom stereocenters. The fourth-order valence-corrected chi connectivity index (χ4v) is 9.74. The molecule has 6 nitrogen and oxygen atoms in total. The number of esters is 3. The summed E-state index contributed by atoms with van der Waals surface area (Å²) in [6.45, 7) is 6.53. The van der Waals surface area contributed by atoms with Gasteiger partial charge in [0.15, 0.2) is 6.10 Å². The third-order valence-corrected chi connectivity index (χ3v) is 14.7. The molecule has 0 aliphatic rings. The third kappa shape index (κ3) is 63.6. The lowest BCUT2D eigenvalue weighted by Gasteiger charge is -2.18. The zero-order valence-electron chi connectivity index (χ0n) is 51.2. The van der Waals surface area contributed by atoms with Crippen molar-refractivity contribution in [2.45, 2.75) is 348 Å². The Balaban J connectivity index is 4.10. The number of carbonyl (C=O) groups is 3. The summed E-state index contributed by atoms with van der Waals surface area (Å²) in [5, 5.41) is 0. The first-order valence-corrected chi connectivity index (χ1v) is 33.4. The predicted molar refractivity (Wildman–Crippen MR) is 335 cm³/mol. The van der Waals surface area contributed by atoms with E-state index in [4.69, 9.17) is 14.2 Å². The molecule has 1 atom stereocenters. The van der Waals surface area contributed by atoms with E-state index in [0.29, 0.717) is 19.3 Å². The van der Waals surface area contributed by atoms with Crippen molar-refractivity contribution in [1.82, 2.24) is 0 Å². The molecule has 0 aromatic heterocycles. The molecule has 0 aliphatic carbocycles. The SMILES string of the molecule is CC/C=C\C/C=C\C/C=C\C/C=C\C/C=C\C/C=C\CCCCCCCCCCCCC(=O)OCC(COC(=O)CCCCCCCCC)OC(=O)CCCCCCCCCCCCCCCCCCCCCCCCC. The average molecular weight is 1080 g/mol. The molecule has 0 heterocycles. The molecule has 6 heteroatoms. The van der Waals surface area contributed by atoms with E-state index in [-0.39, 0.29) is 31.1 Å². The van der Waals surface area contributed by atoms with Crippen LogP contribution in [0.5, 0.6) is 0 Å². The minimum Gasteiger partial charge on any atom is -0.462 e. The van der Waals surface area contributed by atoms with Gasteiger partial charge in [-0.25, -0.2) is 0 Å². The molecule has 0 rings (SSSR count). The average Bonchev–Trinajstić information content (AvgIpc) is 3.43. The van der Waals surface area contributed by atoms with Crippen molar-refractivity contribution in [3.63, 3.8) is 0 Å². The van der Waals surface area contributed by atoms with Crippen LogP contribution in [-0.2, 0) is 28.6 Å². The first-order valence-electron chi connectivity index (χ1n) is 33.4. The van der Waals surface area contributed by atoms with Crippen LogP contribution in [0, 0.1) is 0 Å². The van der Waals surface area contributed by atoms with Gasteiger partial charge in [0.05, 0.1) is 0 Å². The van der Waals surface area contributed by atoms with Gasteiger partial charge in [0.1, 0.15) is 13.2 Å². The molecule has 0 fully saturated rings. The van der Waals surface area contributed by atoms with Crippen LogP contribution < -0.4 is 0 Å². The molecule has 0 aromatic carbocycles. The van der Waals surface area contributed by atoms with E-state index in [0.717, 1.165) is 96.3 Å². The fourth-order valence-electron chi connectivity index (χ4n) is 9.74. The molecule has 0 radical (unpaired) electrons. The lowest BCUT2D eigenvalue weighted by atomic mass is 10.0. The second-order valence-corrected chi connectivity index (χ2v) is 22.4. The normalized spacial score (nSPS) is 12.5. The van der Waals surface area contributed by atoms with Gasteiger partial charge < -0.3 is 14.2 Å². The number of rotatable bonds is 61. The Kier molecular flexibility index (Phi) is 62.7. The van der Waals surface area contributed by atoms with Crippen LogP contribution in [0.1, 0.15) is 342 Å². The molecule has 0 bridgehead atoms. The fraction of sp³-hybridized carbons (Fsp3) is 0.789. The van der Waals surface area contributed by atoms with E-state index in [2.05, 4.69) is 93.7 Å². The molecule has 0 saturated heterocycles. The van der Waals surface area contributed by atoms with Crippen molar-refractivity contribution in [3.05, 3.63) is 72.9 Å². The minimum absolute atomic E-state index is 0.0722. The number of allylic oxidation sites excluding steroid dienone is 12. The van der Waals surface area contributed by atoms with E-state index in [1.165, 1.54) is 205 Å². The van der Waals surface area contributed by atoms with Gasteiger partial charge in [-0.05, 0) is 70.6 Å². The lowest BCUT2D eigenvalue weighted by molar-refractivity contribution is -0.167. The first-order chi connectivity index (χ1) is 38.0. The molecule has 0 aliphatic heterocycles. The number of hydrogen-bond acceptors (Lipinski definition) is 6. The second-order valence-electron chi connectivity index (χ2n) is 22.4. The van der Waals surface area contributed by atoms with E-state index < -0.39 is 6.10 Å². The Labute approximate surface area is 478 Å². The summed E-state index contributed by atoms with van der Waals surface area (Å²) in [7, 11) is 0. The number of ether oxygens (including phenoxy) is 3. The summed E-state index contributed by atoms with van der Waals surface area (Å²) in [5.41, 5.74) is 0. The van der Waals surface area contributed by atoms with Crippen LogP contribution in [-0.4, -0.2) is 37.2 Å². The summed E-state index contributed by atoms with van der Waals surface area (Å²) < 4.78 is 16.9. The zero-order valence-corrected chi connectivity index (χ0v) is 51.2. The van der Waals surface area contributed by atoms with Gasteiger partial charge in [0, 0.05) is 19.3 Å². The lowest BCUT2D eigenvalue weighted by Crippen LogP contribution is -2.30. The Morgan fingerprint density at radius 2 is 0.506 bits per heavy atom. The standard InChI is InChI=1S/C71H126O6/c1-4-7-10-13-16-18-20-22-24-26-28-30-32-33-34-35-36-37-39-40-42-44-46-48-50-52-55-58-61-64-70(73)76-67-68(66-75-69(72)63-60-57-54-15-12-9-6-3)77-71(74)65-62-59-56-53-51-49-47-45-43-41-38-31-29-27-25-23-21-19-17-14-11-8-5-2/h7,10,16,18,22,24,28,30,33-34,36-37,68H,4-6,8-9,11-15,17,19-21,23,25-27,29,31-32,35,38-67H2,1-3H3/b10-7-,18-16-,24-22-,30-28-,34-33-,37-36-. The van der Waals surface area contributed by atoms with Crippen molar-refractivity contribution in [3.8, 4) is 0 Å². The Morgan fingerprint density at radius 1 is 0.273 bits per heavy atom. The van der Waals surface area contributed by atoms with Crippen molar-refractivity contribution in [2.24, 2.45) is 0 Å². The Hall–Kier alpha value is -3.15. The van der Waals surface area contributed by atoms with Crippen molar-refractivity contribution >= 4 is 17.9 Å². The monoisotopic (exact) mass is 1070 g/mol. The van der Waals surface area contributed by atoms with E-state index in [1.54, 1.807) is 0 Å². The van der Waals surface area contributed by atoms with Gasteiger partial charge in [-0.15, -0.1) is 0 Å². The third-order valence-electron chi connectivity index (χ3n) is 14.7. The molecule has 0 amide bonds. The van der Waals surface area contributed by atoms with Crippen LogP contribution in [0.2, 0.25) is 0 Å². The summed E-state index contributed by atoms with van der Waals surface area (Å²) in [4.78, 5) is 38.1. The zero-order chi connectivity index (χ0) is 55.7. The quantitative estimate of drug-likeness (QED) is 0.0261. The summed E-state index contributed by atoms with van der Waals surface area (Å²) in [6, 6.07) is 0. The molecular formula is C71H126O6. The summed E-state index contributed by atoms with van der Waals surface area (Å²) in [5.74, 6) is -0.865. The number of unbranched alkanes of at least 4 members (excludes halogenated alkanes) is 38. The van der Waals surface area contributed by atoms with Crippen LogP contribution in [0.15, 0.2) is 72.9 Å². The smallest absolute Gasteiger partial charge is 0.306 e. The minimum atomic E-state index is -0.773. The van der Waals surface area contributed by atoms with Crippen LogP contribution in [0.4, 0.5) is 0 Å². The van der Waals surface area contributed by atoms with Gasteiger partial charge in [-0.3, -0.25) is 14.4 Å². The van der Waals surface area contributed by atoms with Crippen LogP contribution in [0.25, 0.3) is 0 Å². The second kappa shape index (κ2) is 65.4. The van der Waals surface area contributed by atoms with Gasteiger partial charge in [-0.2, -0.15) is 0 Å². The molecule has 0 N–H and O–H groups in total. The van der Waals surface area contributed by atoms with E-state index in [9.17, 15) is 14.4 Å². The maximum atomic E-state index is 12.9. The van der Waals surface area contributed by atoms with Crippen LogP contribution in [0.3, 0.4) is 0 Å². The molecule has 0 aromatic rings.